The second-order valence-electron chi connectivity index (χ2n) is 5.66. The van der Waals surface area contributed by atoms with Crippen LogP contribution in [-0.2, 0) is 12.8 Å². The highest BCUT2D eigenvalue weighted by atomic mass is 16.5. The third-order valence-electron chi connectivity index (χ3n) is 3.36. The summed E-state index contributed by atoms with van der Waals surface area (Å²) in [5, 5.41) is 9.39. The van der Waals surface area contributed by atoms with Gasteiger partial charge in [-0.05, 0) is 50.8 Å². The largest absolute Gasteiger partial charge is 0.492 e. The van der Waals surface area contributed by atoms with Gasteiger partial charge >= 0.3 is 5.76 Å². The third-order valence-corrected chi connectivity index (χ3v) is 3.36. The van der Waals surface area contributed by atoms with E-state index in [0.717, 1.165) is 31.4 Å². The van der Waals surface area contributed by atoms with Crippen LogP contribution in [0.15, 0.2) is 33.5 Å². The number of benzene rings is 1. The molecule has 0 amide bonds. The Labute approximate surface area is 129 Å². The number of aromatic nitrogens is 1. The van der Waals surface area contributed by atoms with E-state index in [2.05, 4.69) is 17.1 Å². The molecule has 0 aliphatic rings. The number of nitrogens with one attached hydrogen (secondary N) is 1. The summed E-state index contributed by atoms with van der Waals surface area (Å²) < 4.78 is 10.5. The average molecular weight is 305 g/mol. The quantitative estimate of drug-likeness (QED) is 0.733. The van der Waals surface area contributed by atoms with Crippen molar-refractivity contribution in [3.8, 4) is 11.6 Å². The molecule has 0 unspecified atom stereocenters. The van der Waals surface area contributed by atoms with Gasteiger partial charge < -0.3 is 14.3 Å². The Balaban J connectivity index is 1.68. The number of aromatic amines is 1. The van der Waals surface area contributed by atoms with Crippen molar-refractivity contribution in [2.24, 2.45) is 0 Å². The van der Waals surface area contributed by atoms with Gasteiger partial charge in [0.1, 0.15) is 5.75 Å². The fraction of sp³-hybridized carbons (Fsp3) is 0.471. The van der Waals surface area contributed by atoms with E-state index in [4.69, 9.17) is 9.15 Å². The molecule has 5 nitrogen and oxygen atoms in total. The zero-order valence-electron chi connectivity index (χ0n) is 13.1. The highest BCUT2D eigenvalue weighted by Crippen LogP contribution is 2.17. The maximum Gasteiger partial charge on any atom is 0.419 e. The summed E-state index contributed by atoms with van der Waals surface area (Å²) in [5.74, 6) is 0.499. The van der Waals surface area contributed by atoms with E-state index in [1.165, 1.54) is 5.56 Å². The first-order valence-corrected chi connectivity index (χ1v) is 7.71. The van der Waals surface area contributed by atoms with Crippen molar-refractivity contribution in [1.29, 1.82) is 0 Å². The third kappa shape index (κ3) is 4.98. The van der Waals surface area contributed by atoms with Gasteiger partial charge in [-0.25, -0.2) is 4.79 Å². The summed E-state index contributed by atoms with van der Waals surface area (Å²) in [6.45, 7) is 4.02. The van der Waals surface area contributed by atoms with Crippen LogP contribution in [0, 0.1) is 0 Å². The van der Waals surface area contributed by atoms with Crippen molar-refractivity contribution in [2.75, 3.05) is 0 Å². The van der Waals surface area contributed by atoms with Gasteiger partial charge in [-0.3, -0.25) is 4.98 Å². The highest BCUT2D eigenvalue weighted by molar-refractivity contribution is 5.27. The zero-order valence-corrected chi connectivity index (χ0v) is 13.1. The predicted octanol–water partition coefficient (Wildman–Crippen LogP) is 3.42. The molecule has 120 valence electrons. The van der Waals surface area contributed by atoms with E-state index in [1.54, 1.807) is 0 Å². The molecule has 0 spiro atoms. The highest BCUT2D eigenvalue weighted by Gasteiger charge is 2.07. The monoisotopic (exact) mass is 305 g/mol. The van der Waals surface area contributed by atoms with Crippen LogP contribution in [0.3, 0.4) is 0 Å². The van der Waals surface area contributed by atoms with Gasteiger partial charge in [-0.2, -0.15) is 0 Å². The normalized spacial score (nSPS) is 11.0. The molecular weight excluding hydrogens is 282 g/mol. The Hall–Kier alpha value is -2.17. The predicted molar refractivity (Wildman–Crippen MR) is 84.5 cm³/mol. The molecule has 0 saturated heterocycles. The van der Waals surface area contributed by atoms with E-state index < -0.39 is 5.76 Å². The van der Waals surface area contributed by atoms with Crippen molar-refractivity contribution in [3.63, 3.8) is 0 Å². The van der Waals surface area contributed by atoms with E-state index in [-0.39, 0.29) is 12.0 Å². The number of hydrogen-bond donors (Lipinski definition) is 2. The summed E-state index contributed by atoms with van der Waals surface area (Å²) in [6, 6.07) is 8.19. The average Bonchev–Trinajstić information content (AvgIpc) is 2.78. The zero-order chi connectivity index (χ0) is 15.9. The maximum absolute atomic E-state index is 10.9. The minimum Gasteiger partial charge on any atom is -0.492 e. The summed E-state index contributed by atoms with van der Waals surface area (Å²) >= 11 is 0. The Morgan fingerprint density at radius 3 is 2.41 bits per heavy atom. The summed E-state index contributed by atoms with van der Waals surface area (Å²) in [7, 11) is 0. The number of ether oxygens (including phenoxy) is 1. The van der Waals surface area contributed by atoms with Crippen molar-refractivity contribution in [2.45, 2.75) is 52.1 Å². The van der Waals surface area contributed by atoms with Crippen LogP contribution >= 0.6 is 0 Å². The van der Waals surface area contributed by atoms with E-state index in [1.807, 2.05) is 26.0 Å². The Morgan fingerprint density at radius 1 is 1.14 bits per heavy atom. The first-order chi connectivity index (χ1) is 10.5. The van der Waals surface area contributed by atoms with Crippen molar-refractivity contribution in [3.05, 3.63) is 46.1 Å². The van der Waals surface area contributed by atoms with Crippen LogP contribution in [0.5, 0.6) is 11.6 Å². The standard InChI is InChI=1S/C17H23NO4/c1-12(2)21-14-10-8-13(9-11-14)6-4-3-5-7-15-16(19)18-17(20)22-15/h8-12,19H,3-7H2,1-2H3,(H,18,20). The van der Waals surface area contributed by atoms with Gasteiger partial charge in [0.25, 0.3) is 0 Å². The second kappa shape index (κ2) is 7.73. The van der Waals surface area contributed by atoms with Crippen LogP contribution in [0.2, 0.25) is 0 Å². The summed E-state index contributed by atoms with van der Waals surface area (Å²) in [5.41, 5.74) is 1.28. The van der Waals surface area contributed by atoms with Crippen LogP contribution < -0.4 is 10.5 Å². The first kappa shape index (κ1) is 16.2. The molecule has 0 atom stereocenters. The fourth-order valence-corrected chi connectivity index (χ4v) is 2.32. The molecule has 22 heavy (non-hydrogen) atoms. The van der Waals surface area contributed by atoms with Crippen molar-refractivity contribution < 1.29 is 14.3 Å². The molecule has 1 aromatic carbocycles. The maximum atomic E-state index is 10.9. The molecule has 0 saturated carbocycles. The number of hydrogen-bond acceptors (Lipinski definition) is 4. The topological polar surface area (TPSA) is 75.5 Å². The molecule has 1 aromatic heterocycles. The Bertz CT molecular complexity index is 625. The van der Waals surface area contributed by atoms with Crippen LogP contribution in [0.25, 0.3) is 0 Å². The molecular formula is C17H23NO4. The van der Waals surface area contributed by atoms with Gasteiger partial charge in [-0.15, -0.1) is 0 Å². The molecule has 1 heterocycles. The molecule has 0 radical (unpaired) electrons. The van der Waals surface area contributed by atoms with Gasteiger partial charge in [0.2, 0.25) is 5.88 Å². The minimum atomic E-state index is -0.601. The number of rotatable bonds is 8. The molecule has 5 heteroatoms. The summed E-state index contributed by atoms with van der Waals surface area (Å²) in [6.07, 6.45) is 4.72. The van der Waals surface area contributed by atoms with Crippen LogP contribution in [0.4, 0.5) is 0 Å². The Morgan fingerprint density at radius 2 is 1.82 bits per heavy atom. The minimum absolute atomic E-state index is 0.147. The fourth-order valence-electron chi connectivity index (χ4n) is 2.32. The molecule has 2 aromatic rings. The molecule has 2 rings (SSSR count). The second-order valence-corrected chi connectivity index (χ2v) is 5.66. The van der Waals surface area contributed by atoms with Crippen LogP contribution in [0.1, 0.15) is 44.4 Å². The van der Waals surface area contributed by atoms with Crippen LogP contribution in [-0.4, -0.2) is 16.2 Å². The molecule has 0 bridgehead atoms. The molecule has 2 N–H and O–H groups in total. The molecule has 0 fully saturated rings. The molecule has 0 aliphatic heterocycles. The van der Waals surface area contributed by atoms with Gasteiger partial charge in [0.15, 0.2) is 5.76 Å². The van der Waals surface area contributed by atoms with Gasteiger partial charge in [-0.1, -0.05) is 18.6 Å². The smallest absolute Gasteiger partial charge is 0.419 e. The lowest BCUT2D eigenvalue weighted by Crippen LogP contribution is -2.05. The van der Waals surface area contributed by atoms with E-state index in [9.17, 15) is 9.90 Å². The van der Waals surface area contributed by atoms with E-state index in [0.29, 0.717) is 12.2 Å². The SMILES string of the molecule is CC(C)Oc1ccc(CCCCCc2oc(=O)[nH]c2O)cc1. The van der Waals surface area contributed by atoms with Crippen molar-refractivity contribution >= 4 is 0 Å². The number of aromatic hydroxyl groups is 1. The number of H-pyrrole nitrogens is 1. The lowest BCUT2D eigenvalue weighted by atomic mass is 10.1. The lowest BCUT2D eigenvalue weighted by Gasteiger charge is -2.10. The van der Waals surface area contributed by atoms with Gasteiger partial charge in [0.05, 0.1) is 6.10 Å². The summed E-state index contributed by atoms with van der Waals surface area (Å²) in [4.78, 5) is 13.1. The molecule has 0 aliphatic carbocycles. The number of oxazole rings is 1. The lowest BCUT2D eigenvalue weighted by molar-refractivity contribution is 0.242. The number of aryl methyl sites for hydroxylation is 2. The Kier molecular flexibility index (Phi) is 5.69. The number of unbranched alkanes of at least 4 members (excludes halogenated alkanes) is 2. The van der Waals surface area contributed by atoms with E-state index >= 15 is 0 Å². The first-order valence-electron chi connectivity index (χ1n) is 7.71. The van der Waals surface area contributed by atoms with Gasteiger partial charge in [0, 0.05) is 6.42 Å². The van der Waals surface area contributed by atoms with Crippen molar-refractivity contribution in [1.82, 2.24) is 4.98 Å².